The fraction of sp³-hybridized carbons (Fsp3) is 0.500. The fourth-order valence-electron chi connectivity index (χ4n) is 1.95. The summed E-state index contributed by atoms with van der Waals surface area (Å²) >= 11 is 7.61. The molecule has 1 aromatic carbocycles. The molecule has 1 aliphatic rings. The predicted molar refractivity (Wildman–Crippen MR) is 70.1 cm³/mol. The molecule has 1 heterocycles. The molecule has 0 saturated carbocycles. The van der Waals surface area contributed by atoms with Crippen LogP contribution in [0.1, 0.15) is 12.5 Å². The third kappa shape index (κ3) is 2.46. The first-order chi connectivity index (χ1) is 7.72. The van der Waals surface area contributed by atoms with Crippen molar-refractivity contribution in [1.82, 2.24) is 0 Å². The number of hydrogen-bond acceptors (Lipinski definition) is 2. The third-order valence-corrected chi connectivity index (χ3v) is 4.34. The Labute approximate surface area is 105 Å². The topological polar surface area (TPSA) is 3.24 Å². The normalized spacial score (nSPS) is 21.2. The SMILES string of the molecule is CC1CSCCN1c1ccc(CCl)cc1F. The van der Waals surface area contributed by atoms with Crippen molar-refractivity contribution in [3.63, 3.8) is 0 Å². The van der Waals surface area contributed by atoms with Crippen molar-refractivity contribution in [2.75, 3.05) is 23.0 Å². The zero-order chi connectivity index (χ0) is 11.5. The quantitative estimate of drug-likeness (QED) is 0.748. The van der Waals surface area contributed by atoms with Crippen molar-refractivity contribution >= 4 is 29.1 Å². The van der Waals surface area contributed by atoms with Crippen molar-refractivity contribution in [3.05, 3.63) is 29.6 Å². The second kappa shape index (κ2) is 5.28. The molecule has 0 spiro atoms. The molecule has 1 saturated heterocycles. The summed E-state index contributed by atoms with van der Waals surface area (Å²) in [4.78, 5) is 2.14. The number of alkyl halides is 1. The van der Waals surface area contributed by atoms with E-state index in [9.17, 15) is 4.39 Å². The molecule has 0 N–H and O–H groups in total. The van der Waals surface area contributed by atoms with Gasteiger partial charge in [0.05, 0.1) is 5.69 Å². The molecule has 1 aliphatic heterocycles. The highest BCUT2D eigenvalue weighted by molar-refractivity contribution is 7.99. The smallest absolute Gasteiger partial charge is 0.146 e. The first-order valence-corrected chi connectivity index (χ1v) is 7.10. The summed E-state index contributed by atoms with van der Waals surface area (Å²) in [5.41, 5.74) is 1.55. The van der Waals surface area contributed by atoms with E-state index in [4.69, 9.17) is 11.6 Å². The average molecular weight is 260 g/mol. The summed E-state index contributed by atoms with van der Waals surface area (Å²) in [6, 6.07) is 5.69. The zero-order valence-electron chi connectivity index (χ0n) is 9.25. The highest BCUT2D eigenvalue weighted by atomic mass is 35.5. The summed E-state index contributed by atoms with van der Waals surface area (Å²) in [5.74, 6) is 2.34. The molecule has 1 aromatic rings. The summed E-state index contributed by atoms with van der Waals surface area (Å²) in [7, 11) is 0. The summed E-state index contributed by atoms with van der Waals surface area (Å²) in [6.07, 6.45) is 0. The molecule has 0 aromatic heterocycles. The minimum atomic E-state index is -0.156. The molecule has 16 heavy (non-hydrogen) atoms. The van der Waals surface area contributed by atoms with Gasteiger partial charge in [-0.2, -0.15) is 11.8 Å². The monoisotopic (exact) mass is 259 g/mol. The van der Waals surface area contributed by atoms with Gasteiger partial charge in [-0.05, 0) is 24.6 Å². The predicted octanol–water partition coefficient (Wildman–Crippen LogP) is 3.51. The van der Waals surface area contributed by atoms with E-state index in [-0.39, 0.29) is 5.82 Å². The van der Waals surface area contributed by atoms with Crippen molar-refractivity contribution in [1.29, 1.82) is 0 Å². The van der Waals surface area contributed by atoms with Gasteiger partial charge >= 0.3 is 0 Å². The van der Waals surface area contributed by atoms with E-state index in [0.717, 1.165) is 23.6 Å². The fourth-order valence-corrected chi connectivity index (χ4v) is 3.13. The maximum absolute atomic E-state index is 13.9. The van der Waals surface area contributed by atoms with Gasteiger partial charge < -0.3 is 4.90 Å². The minimum Gasteiger partial charge on any atom is -0.365 e. The number of halogens is 2. The number of anilines is 1. The second-order valence-electron chi connectivity index (χ2n) is 4.04. The molecule has 1 fully saturated rings. The van der Waals surface area contributed by atoms with Crippen LogP contribution < -0.4 is 4.90 Å². The lowest BCUT2D eigenvalue weighted by Crippen LogP contribution is -2.40. The second-order valence-corrected chi connectivity index (χ2v) is 5.45. The van der Waals surface area contributed by atoms with Crippen LogP contribution >= 0.6 is 23.4 Å². The summed E-state index contributed by atoms with van der Waals surface area (Å²) < 4.78 is 13.9. The molecule has 4 heteroatoms. The summed E-state index contributed by atoms with van der Waals surface area (Å²) in [5, 5.41) is 0. The average Bonchev–Trinajstić information content (AvgIpc) is 2.30. The number of hydrogen-bond donors (Lipinski definition) is 0. The van der Waals surface area contributed by atoms with E-state index in [1.165, 1.54) is 6.07 Å². The maximum Gasteiger partial charge on any atom is 0.146 e. The largest absolute Gasteiger partial charge is 0.365 e. The maximum atomic E-state index is 13.9. The van der Waals surface area contributed by atoms with Crippen LogP contribution in [0.3, 0.4) is 0 Å². The van der Waals surface area contributed by atoms with Crippen LogP contribution in [-0.4, -0.2) is 24.1 Å². The van der Waals surface area contributed by atoms with Gasteiger partial charge in [0.2, 0.25) is 0 Å². The van der Waals surface area contributed by atoms with Crippen molar-refractivity contribution in [2.45, 2.75) is 18.8 Å². The Bertz CT molecular complexity index is 372. The van der Waals surface area contributed by atoms with Gasteiger partial charge in [0, 0.05) is 30.0 Å². The van der Waals surface area contributed by atoms with E-state index in [1.807, 2.05) is 23.9 Å². The van der Waals surface area contributed by atoms with Crippen LogP contribution in [0.15, 0.2) is 18.2 Å². The highest BCUT2D eigenvalue weighted by Gasteiger charge is 2.21. The Morgan fingerprint density at radius 1 is 1.56 bits per heavy atom. The molecule has 2 rings (SSSR count). The van der Waals surface area contributed by atoms with Gasteiger partial charge in [0.25, 0.3) is 0 Å². The van der Waals surface area contributed by atoms with Crippen molar-refractivity contribution in [3.8, 4) is 0 Å². The van der Waals surface area contributed by atoms with Gasteiger partial charge in [-0.1, -0.05) is 6.07 Å². The standard InChI is InChI=1S/C12H15ClFNS/c1-9-8-16-5-4-15(9)12-3-2-10(7-13)6-11(12)14/h2-3,6,9H,4-5,7-8H2,1H3. The van der Waals surface area contributed by atoms with Crippen molar-refractivity contribution in [2.24, 2.45) is 0 Å². The van der Waals surface area contributed by atoms with Crippen LogP contribution in [0.2, 0.25) is 0 Å². The van der Waals surface area contributed by atoms with E-state index in [1.54, 1.807) is 0 Å². The first kappa shape index (κ1) is 12.1. The summed E-state index contributed by atoms with van der Waals surface area (Å²) in [6.45, 7) is 3.06. The molecule has 0 aliphatic carbocycles. The van der Waals surface area contributed by atoms with Gasteiger partial charge in [-0.25, -0.2) is 4.39 Å². The van der Waals surface area contributed by atoms with Gasteiger partial charge in [-0.3, -0.25) is 0 Å². The molecule has 0 radical (unpaired) electrons. The number of thioether (sulfide) groups is 1. The van der Waals surface area contributed by atoms with E-state index < -0.39 is 0 Å². The lowest BCUT2D eigenvalue weighted by atomic mass is 10.1. The minimum absolute atomic E-state index is 0.156. The Kier molecular flexibility index (Phi) is 3.98. The lowest BCUT2D eigenvalue weighted by molar-refractivity contribution is 0.602. The van der Waals surface area contributed by atoms with E-state index in [0.29, 0.717) is 17.6 Å². The Balaban J connectivity index is 2.25. The van der Waals surface area contributed by atoms with Crippen LogP contribution in [0.25, 0.3) is 0 Å². The number of nitrogens with zero attached hydrogens (tertiary/aromatic N) is 1. The zero-order valence-corrected chi connectivity index (χ0v) is 10.8. The lowest BCUT2D eigenvalue weighted by Gasteiger charge is -2.35. The Hall–Kier alpha value is -0.410. The number of rotatable bonds is 2. The van der Waals surface area contributed by atoms with Crippen molar-refractivity contribution < 1.29 is 4.39 Å². The molecule has 1 unspecified atom stereocenters. The molecule has 0 amide bonds. The Morgan fingerprint density at radius 2 is 2.38 bits per heavy atom. The number of benzene rings is 1. The van der Waals surface area contributed by atoms with Gasteiger partial charge in [0.15, 0.2) is 0 Å². The van der Waals surface area contributed by atoms with Crippen LogP contribution in [0.4, 0.5) is 10.1 Å². The van der Waals surface area contributed by atoms with Crippen LogP contribution in [0, 0.1) is 5.82 Å². The van der Waals surface area contributed by atoms with Gasteiger partial charge in [-0.15, -0.1) is 11.6 Å². The Morgan fingerprint density at radius 3 is 3.00 bits per heavy atom. The van der Waals surface area contributed by atoms with Crippen LogP contribution in [-0.2, 0) is 5.88 Å². The first-order valence-electron chi connectivity index (χ1n) is 5.41. The molecule has 0 bridgehead atoms. The molecule has 88 valence electrons. The molecular weight excluding hydrogens is 245 g/mol. The molecule has 1 atom stereocenters. The van der Waals surface area contributed by atoms with E-state index in [2.05, 4.69) is 11.8 Å². The van der Waals surface area contributed by atoms with Gasteiger partial charge in [0.1, 0.15) is 5.82 Å². The van der Waals surface area contributed by atoms with Crippen LogP contribution in [0.5, 0.6) is 0 Å². The third-order valence-electron chi connectivity index (χ3n) is 2.84. The molecular formula is C12H15ClFNS. The highest BCUT2D eigenvalue weighted by Crippen LogP contribution is 2.27. The van der Waals surface area contributed by atoms with E-state index >= 15 is 0 Å². The molecule has 1 nitrogen and oxygen atoms in total.